The molecule has 6 nitrogen and oxygen atoms in total. The first-order valence-electron chi connectivity index (χ1n) is 7.16. The van der Waals surface area contributed by atoms with Crippen molar-refractivity contribution in [3.63, 3.8) is 0 Å². The molecular formula is C15H20N2O4S. The molecule has 1 N–H and O–H groups in total. The minimum atomic E-state index is -3.53. The zero-order valence-electron chi connectivity index (χ0n) is 12.7. The Kier molecular flexibility index (Phi) is 5.31. The molecule has 1 aromatic heterocycles. The number of hydrogen-bond donors (Lipinski definition) is 1. The zero-order valence-corrected chi connectivity index (χ0v) is 13.5. The van der Waals surface area contributed by atoms with Gasteiger partial charge in [0.2, 0.25) is 5.89 Å². The summed E-state index contributed by atoms with van der Waals surface area (Å²) in [5.41, 5.74) is 1.63. The molecule has 1 aromatic carbocycles. The zero-order chi connectivity index (χ0) is 16.2. The van der Waals surface area contributed by atoms with Crippen LogP contribution in [-0.2, 0) is 22.0 Å². The summed E-state index contributed by atoms with van der Waals surface area (Å²) in [5, 5.41) is 13.7. The number of aromatic nitrogens is 2. The van der Waals surface area contributed by atoms with E-state index in [2.05, 4.69) is 10.1 Å². The Morgan fingerprint density at radius 1 is 1.27 bits per heavy atom. The van der Waals surface area contributed by atoms with Crippen LogP contribution in [0.3, 0.4) is 0 Å². The molecule has 0 fully saturated rings. The molecule has 0 radical (unpaired) electrons. The number of sulfone groups is 1. The van der Waals surface area contributed by atoms with Gasteiger partial charge in [0.1, 0.15) is 5.75 Å². The summed E-state index contributed by atoms with van der Waals surface area (Å²) in [6.45, 7) is 3.90. The van der Waals surface area contributed by atoms with Crippen molar-refractivity contribution in [1.82, 2.24) is 10.1 Å². The molecule has 1 heterocycles. The molecule has 0 saturated heterocycles. The summed E-state index contributed by atoms with van der Waals surface area (Å²) in [4.78, 5) is 4.04. The molecule has 7 heteroatoms. The number of nitrogens with zero attached hydrogens (tertiary/aromatic N) is 2. The van der Waals surface area contributed by atoms with Crippen LogP contribution in [-0.4, -0.2) is 29.4 Å². The number of benzene rings is 1. The van der Waals surface area contributed by atoms with Gasteiger partial charge in [-0.15, -0.1) is 0 Å². The quantitative estimate of drug-likeness (QED) is 0.837. The van der Waals surface area contributed by atoms with E-state index < -0.39 is 15.9 Å². The number of rotatable bonds is 7. The van der Waals surface area contributed by atoms with Gasteiger partial charge >= 0.3 is 0 Å². The van der Waals surface area contributed by atoms with Crippen molar-refractivity contribution >= 4 is 9.84 Å². The standard InChI is InChI=1S/C15H20N2O4S/c1-3-4-15-16-14(17-21-15)10-22(19,20)9-13(18)12-7-5-11(2)6-8-12/h5-8,13,18H,3-4,9-10H2,1-2H3. The lowest BCUT2D eigenvalue weighted by Crippen LogP contribution is -2.17. The normalized spacial score (nSPS) is 13.2. The first-order chi connectivity index (χ1) is 10.4. The monoisotopic (exact) mass is 324 g/mol. The molecule has 0 spiro atoms. The van der Waals surface area contributed by atoms with Gasteiger partial charge in [-0.2, -0.15) is 4.98 Å². The van der Waals surface area contributed by atoms with E-state index >= 15 is 0 Å². The van der Waals surface area contributed by atoms with Crippen molar-refractivity contribution in [2.24, 2.45) is 0 Å². The van der Waals surface area contributed by atoms with Gasteiger partial charge in [-0.05, 0) is 18.9 Å². The minimum Gasteiger partial charge on any atom is -0.387 e. The van der Waals surface area contributed by atoms with Gasteiger partial charge in [0.15, 0.2) is 15.7 Å². The highest BCUT2D eigenvalue weighted by molar-refractivity contribution is 7.90. The number of aryl methyl sites for hydroxylation is 2. The smallest absolute Gasteiger partial charge is 0.226 e. The van der Waals surface area contributed by atoms with E-state index in [-0.39, 0.29) is 17.3 Å². The van der Waals surface area contributed by atoms with E-state index in [9.17, 15) is 13.5 Å². The van der Waals surface area contributed by atoms with Crippen molar-refractivity contribution in [3.8, 4) is 0 Å². The van der Waals surface area contributed by atoms with E-state index in [1.807, 2.05) is 26.0 Å². The van der Waals surface area contributed by atoms with Crippen molar-refractivity contribution in [1.29, 1.82) is 0 Å². The second-order valence-corrected chi connectivity index (χ2v) is 7.44. The van der Waals surface area contributed by atoms with Crippen LogP contribution < -0.4 is 0 Å². The summed E-state index contributed by atoms with van der Waals surface area (Å²) >= 11 is 0. The Labute approximate surface area is 130 Å². The minimum absolute atomic E-state index is 0.138. The van der Waals surface area contributed by atoms with Gasteiger partial charge in [0.05, 0.1) is 11.9 Å². The highest BCUT2D eigenvalue weighted by Gasteiger charge is 2.22. The maximum absolute atomic E-state index is 12.1. The predicted molar refractivity (Wildman–Crippen MR) is 81.9 cm³/mol. The van der Waals surface area contributed by atoms with Crippen LogP contribution in [0.15, 0.2) is 28.8 Å². The summed E-state index contributed by atoms with van der Waals surface area (Å²) in [5.74, 6) is -0.122. The maximum Gasteiger partial charge on any atom is 0.226 e. The van der Waals surface area contributed by atoms with E-state index in [1.165, 1.54) is 0 Å². The summed E-state index contributed by atoms with van der Waals surface area (Å²) in [7, 11) is -3.53. The molecule has 0 aliphatic heterocycles. The van der Waals surface area contributed by atoms with Gasteiger partial charge in [0.25, 0.3) is 0 Å². The second kappa shape index (κ2) is 7.02. The Hall–Kier alpha value is -1.73. The van der Waals surface area contributed by atoms with Gasteiger partial charge < -0.3 is 9.63 Å². The number of hydrogen-bond acceptors (Lipinski definition) is 6. The molecular weight excluding hydrogens is 304 g/mol. The third kappa shape index (κ3) is 4.64. The Balaban J connectivity index is 2.01. The van der Waals surface area contributed by atoms with Crippen molar-refractivity contribution in [2.45, 2.75) is 38.5 Å². The lowest BCUT2D eigenvalue weighted by Gasteiger charge is -2.11. The molecule has 120 valence electrons. The van der Waals surface area contributed by atoms with Gasteiger partial charge in [-0.25, -0.2) is 8.42 Å². The lowest BCUT2D eigenvalue weighted by molar-refractivity contribution is 0.201. The summed E-state index contributed by atoms with van der Waals surface area (Å²) < 4.78 is 29.2. The van der Waals surface area contributed by atoms with Crippen molar-refractivity contribution in [2.75, 3.05) is 5.75 Å². The molecule has 22 heavy (non-hydrogen) atoms. The van der Waals surface area contributed by atoms with Crippen LogP contribution in [0.25, 0.3) is 0 Å². The first-order valence-corrected chi connectivity index (χ1v) is 8.98. The van der Waals surface area contributed by atoms with Crippen LogP contribution >= 0.6 is 0 Å². The van der Waals surface area contributed by atoms with Crippen LogP contribution in [0, 0.1) is 6.92 Å². The predicted octanol–water partition coefficient (Wildman–Crippen LogP) is 1.98. The van der Waals surface area contributed by atoms with Crippen molar-refractivity contribution in [3.05, 3.63) is 47.1 Å². The van der Waals surface area contributed by atoms with Gasteiger partial charge in [-0.3, -0.25) is 0 Å². The Bertz CT molecular complexity index is 707. The Morgan fingerprint density at radius 2 is 1.95 bits per heavy atom. The summed E-state index contributed by atoms with van der Waals surface area (Å²) in [6.07, 6.45) is 0.409. The van der Waals surface area contributed by atoms with Gasteiger partial charge in [0, 0.05) is 6.42 Å². The fourth-order valence-corrected chi connectivity index (χ4v) is 3.35. The van der Waals surface area contributed by atoms with Crippen LogP contribution in [0.2, 0.25) is 0 Å². The first kappa shape index (κ1) is 16.6. The van der Waals surface area contributed by atoms with E-state index in [0.717, 1.165) is 12.0 Å². The third-order valence-corrected chi connectivity index (χ3v) is 4.72. The Morgan fingerprint density at radius 3 is 2.59 bits per heavy atom. The van der Waals surface area contributed by atoms with E-state index in [0.29, 0.717) is 17.9 Å². The fourth-order valence-electron chi connectivity index (χ4n) is 2.05. The maximum atomic E-state index is 12.1. The second-order valence-electron chi connectivity index (χ2n) is 5.34. The molecule has 0 saturated carbocycles. The highest BCUT2D eigenvalue weighted by atomic mass is 32.2. The SMILES string of the molecule is CCCc1nc(CS(=O)(=O)CC(O)c2ccc(C)cc2)no1. The number of aliphatic hydroxyl groups is 1. The third-order valence-electron chi connectivity index (χ3n) is 3.20. The largest absolute Gasteiger partial charge is 0.387 e. The molecule has 0 bridgehead atoms. The van der Waals surface area contributed by atoms with Crippen LogP contribution in [0.4, 0.5) is 0 Å². The average Bonchev–Trinajstić information content (AvgIpc) is 2.85. The molecule has 1 unspecified atom stereocenters. The van der Waals surface area contributed by atoms with Crippen LogP contribution in [0.1, 0.15) is 42.3 Å². The van der Waals surface area contributed by atoms with Gasteiger partial charge in [-0.1, -0.05) is 41.9 Å². The molecule has 0 aliphatic carbocycles. The van der Waals surface area contributed by atoms with Crippen LogP contribution in [0.5, 0.6) is 0 Å². The topological polar surface area (TPSA) is 93.3 Å². The molecule has 1 atom stereocenters. The molecule has 2 aromatic rings. The average molecular weight is 324 g/mol. The fraction of sp³-hybridized carbons (Fsp3) is 0.467. The molecule has 0 aliphatic rings. The molecule has 0 amide bonds. The lowest BCUT2D eigenvalue weighted by atomic mass is 10.1. The van der Waals surface area contributed by atoms with Crippen molar-refractivity contribution < 1.29 is 18.0 Å². The van der Waals surface area contributed by atoms with E-state index in [1.54, 1.807) is 12.1 Å². The molecule has 2 rings (SSSR count). The van der Waals surface area contributed by atoms with E-state index in [4.69, 9.17) is 4.52 Å². The number of aliphatic hydroxyl groups excluding tert-OH is 1. The highest BCUT2D eigenvalue weighted by Crippen LogP contribution is 2.17. The summed E-state index contributed by atoms with van der Waals surface area (Å²) in [6, 6.07) is 7.12.